The summed E-state index contributed by atoms with van der Waals surface area (Å²) in [7, 11) is 0. The van der Waals surface area contributed by atoms with Gasteiger partial charge in [-0.15, -0.1) is 0 Å². The molecule has 0 aliphatic carbocycles. The number of fused-ring (bicyclic) bond motifs is 7. The fourth-order valence-corrected chi connectivity index (χ4v) is 17.6. The Balaban J connectivity index is 0.947. The summed E-state index contributed by atoms with van der Waals surface area (Å²) in [6.45, 7) is 13.9. The van der Waals surface area contributed by atoms with Crippen molar-refractivity contribution in [2.75, 3.05) is 9.80 Å². The third kappa shape index (κ3) is 10.3. The third-order valence-electron chi connectivity index (χ3n) is 22.7. The van der Waals surface area contributed by atoms with E-state index in [-0.39, 0.29) is 17.5 Å². The SMILES string of the molecule is CC(C)(C)c1cc2c3c(c1)N(c1c(-c4ccccc4)cc(-c4ccccc4)cc1-c1ccccc1)c1cc(-n4c5ccccc5c5ccccc54)ccc1B3c1cc(-c3cc4ccc5cc(C(C)(C)C)cc6ccc(c3)c4c56)ccc1N2c1c(-c2ccccc2)cc(-c2ccccc2)cc1-c1ccccc1. The van der Waals surface area contributed by atoms with Crippen molar-refractivity contribution in [2.24, 2.45) is 0 Å². The van der Waals surface area contributed by atoms with Crippen LogP contribution in [0.15, 0.2) is 352 Å². The summed E-state index contributed by atoms with van der Waals surface area (Å²) in [4.78, 5) is 5.43. The van der Waals surface area contributed by atoms with Gasteiger partial charge in [0.25, 0.3) is 6.71 Å². The first kappa shape index (κ1) is 63.0. The molecule has 0 saturated carbocycles. The maximum atomic E-state index is 2.72. The Morgan fingerprint density at radius 2 is 0.604 bits per heavy atom. The molecule has 3 nitrogen and oxygen atoms in total. The van der Waals surface area contributed by atoms with Gasteiger partial charge in [0.2, 0.25) is 0 Å². The zero-order valence-electron chi connectivity index (χ0n) is 60.4. The highest BCUT2D eigenvalue weighted by Crippen LogP contribution is 2.56. The van der Waals surface area contributed by atoms with E-state index in [1.807, 2.05) is 0 Å². The topological polar surface area (TPSA) is 11.4 Å². The number of hydrogen-bond donors (Lipinski definition) is 0. The smallest absolute Gasteiger partial charge is 0.252 e. The van der Waals surface area contributed by atoms with Crippen molar-refractivity contribution < 1.29 is 0 Å². The summed E-state index contributed by atoms with van der Waals surface area (Å²) in [5, 5.41) is 10.2. The predicted molar refractivity (Wildman–Crippen MR) is 454 cm³/mol. The molecular weight excluding hydrogens is 1280 g/mol. The molecule has 1 aromatic heterocycles. The van der Waals surface area contributed by atoms with Crippen molar-refractivity contribution in [1.29, 1.82) is 0 Å². The number of nitrogens with zero attached hydrogens (tertiary/aromatic N) is 3. The average Bonchev–Trinajstić information content (AvgIpc) is 0.748. The van der Waals surface area contributed by atoms with E-state index in [2.05, 4.69) is 408 Å². The van der Waals surface area contributed by atoms with E-state index in [9.17, 15) is 0 Å². The minimum Gasteiger partial charge on any atom is -0.310 e. The van der Waals surface area contributed by atoms with Gasteiger partial charge < -0.3 is 14.4 Å². The quantitative estimate of drug-likeness (QED) is 0.0999. The number of hydrogen-bond acceptors (Lipinski definition) is 2. The summed E-state index contributed by atoms with van der Waals surface area (Å²) >= 11 is 0. The molecule has 0 unspecified atom stereocenters. The maximum Gasteiger partial charge on any atom is 0.252 e. The molecule has 20 rings (SSSR count). The molecule has 0 N–H and O–H groups in total. The van der Waals surface area contributed by atoms with Crippen LogP contribution in [0, 0.1) is 0 Å². The van der Waals surface area contributed by atoms with Gasteiger partial charge in [0.15, 0.2) is 0 Å². The van der Waals surface area contributed by atoms with Gasteiger partial charge in [-0.05, 0) is 205 Å². The Kier molecular flexibility index (Phi) is 14.5. The number of rotatable bonds is 10. The van der Waals surface area contributed by atoms with Crippen LogP contribution in [0.5, 0.6) is 0 Å². The molecule has 0 fully saturated rings. The van der Waals surface area contributed by atoms with Crippen LogP contribution in [0.2, 0.25) is 0 Å². The van der Waals surface area contributed by atoms with Crippen LogP contribution < -0.4 is 26.2 Å². The molecule has 0 radical (unpaired) electrons. The highest BCUT2D eigenvalue weighted by Gasteiger charge is 2.46. The largest absolute Gasteiger partial charge is 0.310 e. The average molecular weight is 1350 g/mol. The molecule has 18 aromatic rings. The highest BCUT2D eigenvalue weighted by molar-refractivity contribution is 7.00. The third-order valence-corrected chi connectivity index (χ3v) is 22.7. The summed E-state index contributed by atoms with van der Waals surface area (Å²) in [5.41, 5.74) is 32.3. The molecular formula is C102H76BN3. The first-order valence-corrected chi connectivity index (χ1v) is 37.3. The number of aromatic nitrogens is 1. The lowest BCUT2D eigenvalue weighted by atomic mass is 9.33. The number of para-hydroxylation sites is 2. The van der Waals surface area contributed by atoms with Gasteiger partial charge in [-0.2, -0.15) is 0 Å². The molecule has 17 aromatic carbocycles. The van der Waals surface area contributed by atoms with Gasteiger partial charge in [0, 0.05) is 61.5 Å². The van der Waals surface area contributed by atoms with Crippen LogP contribution in [-0.2, 0) is 10.8 Å². The Hall–Kier alpha value is -12.8. The van der Waals surface area contributed by atoms with E-state index in [0.717, 1.165) is 107 Å². The van der Waals surface area contributed by atoms with Crippen LogP contribution in [0.25, 0.3) is 138 Å². The van der Waals surface area contributed by atoms with Crippen molar-refractivity contribution in [3.8, 4) is 83.6 Å². The Morgan fingerprint density at radius 1 is 0.245 bits per heavy atom. The van der Waals surface area contributed by atoms with E-state index >= 15 is 0 Å². The Bertz CT molecular complexity index is 6260. The summed E-state index contributed by atoms with van der Waals surface area (Å²) in [6.07, 6.45) is 0. The lowest BCUT2D eigenvalue weighted by Crippen LogP contribution is -2.61. The fourth-order valence-electron chi connectivity index (χ4n) is 17.6. The molecule has 106 heavy (non-hydrogen) atoms. The van der Waals surface area contributed by atoms with Crippen LogP contribution in [0.3, 0.4) is 0 Å². The van der Waals surface area contributed by atoms with E-state index < -0.39 is 0 Å². The predicted octanol–water partition coefficient (Wildman–Crippen LogP) is 26.0. The van der Waals surface area contributed by atoms with E-state index in [4.69, 9.17) is 0 Å². The Labute approximate surface area is 620 Å². The van der Waals surface area contributed by atoms with Crippen molar-refractivity contribution in [2.45, 2.75) is 52.4 Å². The van der Waals surface area contributed by atoms with E-state index in [1.165, 1.54) is 92.8 Å². The van der Waals surface area contributed by atoms with E-state index in [1.54, 1.807) is 0 Å². The van der Waals surface area contributed by atoms with Gasteiger partial charge >= 0.3 is 0 Å². The van der Waals surface area contributed by atoms with Crippen molar-refractivity contribution in [1.82, 2.24) is 4.57 Å². The molecule has 0 bridgehead atoms. The standard InChI is InChI=1S/C102H76BN3/c1-101(2,3)79-55-74-47-45-72-53-76(54-73-46-48-75(56-79)97(74)96(72)73)71-49-52-92-89(61-71)103-88-51-50-81(104-90-43-27-25-41-82(90)83-42-26-28-44-91(83)104)64-93(88)106(100-86(69-37-21-11-22-38-69)59-78(66-31-15-8-16-32-66)60-87(100)70-39-23-12-24-40-70)95-63-80(102(4,5)6)62-94(98(95)103)105(92)99-84(67-33-17-9-18-34-67)57-77(65-29-13-7-14-30-65)58-85(99)68-35-19-10-20-36-68/h7-64H,1-6H3. The number of anilines is 6. The zero-order chi connectivity index (χ0) is 71.1. The molecule has 502 valence electrons. The maximum absolute atomic E-state index is 2.72. The lowest BCUT2D eigenvalue weighted by Gasteiger charge is -2.46. The first-order chi connectivity index (χ1) is 51.8. The number of benzene rings is 17. The van der Waals surface area contributed by atoms with E-state index in [0.29, 0.717) is 0 Å². The zero-order valence-corrected chi connectivity index (χ0v) is 60.4. The minimum atomic E-state index is -0.331. The molecule has 4 heteroatoms. The van der Waals surface area contributed by atoms with Crippen molar-refractivity contribution in [3.63, 3.8) is 0 Å². The fraction of sp³-hybridized carbons (Fsp3) is 0.0784. The summed E-state index contributed by atoms with van der Waals surface area (Å²) in [5.74, 6) is 0. The minimum absolute atomic E-state index is 0.0176. The molecule has 0 saturated heterocycles. The summed E-state index contributed by atoms with van der Waals surface area (Å²) < 4.78 is 2.50. The molecule has 0 spiro atoms. The van der Waals surface area contributed by atoms with Gasteiger partial charge in [-0.1, -0.05) is 315 Å². The molecule has 2 aliphatic heterocycles. The second kappa shape index (κ2) is 24.4. The first-order valence-electron chi connectivity index (χ1n) is 37.3. The van der Waals surface area contributed by atoms with Gasteiger partial charge in [0.1, 0.15) is 0 Å². The van der Waals surface area contributed by atoms with Crippen LogP contribution >= 0.6 is 0 Å². The Morgan fingerprint density at radius 3 is 1.02 bits per heavy atom. The van der Waals surface area contributed by atoms with Crippen LogP contribution in [0.1, 0.15) is 52.7 Å². The molecule has 2 aliphatic rings. The molecule has 0 atom stereocenters. The molecule has 0 amide bonds. The van der Waals surface area contributed by atoms with Gasteiger partial charge in [-0.25, -0.2) is 0 Å². The van der Waals surface area contributed by atoms with Crippen LogP contribution in [0.4, 0.5) is 34.1 Å². The second-order valence-corrected chi connectivity index (χ2v) is 31.2. The summed E-state index contributed by atoms with van der Waals surface area (Å²) in [6, 6.07) is 134. The normalized spacial score (nSPS) is 12.8. The van der Waals surface area contributed by atoms with Crippen LogP contribution in [-0.4, -0.2) is 11.3 Å². The second-order valence-electron chi connectivity index (χ2n) is 31.2. The molecule has 3 heterocycles. The monoisotopic (exact) mass is 1350 g/mol. The highest BCUT2D eigenvalue weighted by atomic mass is 15.2. The van der Waals surface area contributed by atoms with Crippen molar-refractivity contribution >= 4 is 111 Å². The lowest BCUT2D eigenvalue weighted by molar-refractivity contribution is 0.590. The van der Waals surface area contributed by atoms with Crippen molar-refractivity contribution in [3.05, 3.63) is 363 Å². The van der Waals surface area contributed by atoms with Gasteiger partial charge in [0.05, 0.1) is 22.4 Å². The van der Waals surface area contributed by atoms with Gasteiger partial charge in [-0.3, -0.25) is 0 Å².